The number of amides is 1. The number of hydrogen-bond acceptors (Lipinski definition) is 2. The first-order valence-corrected chi connectivity index (χ1v) is 7.08. The third-order valence-electron chi connectivity index (χ3n) is 3.42. The zero-order valence-corrected chi connectivity index (χ0v) is 11.4. The molecule has 1 heterocycles. The van der Waals surface area contributed by atoms with Gasteiger partial charge in [0.05, 0.1) is 0 Å². The van der Waals surface area contributed by atoms with E-state index in [9.17, 15) is 4.79 Å². The molecule has 5 nitrogen and oxygen atoms in total. The third kappa shape index (κ3) is 3.62. The molecule has 2 aliphatic rings. The molecule has 2 rings (SSSR count). The molecule has 0 aromatic heterocycles. The van der Waals surface area contributed by atoms with E-state index in [1.54, 1.807) is 0 Å². The van der Waals surface area contributed by atoms with Crippen LogP contribution < -0.4 is 10.6 Å². The largest absolute Gasteiger partial charge is 0.354 e. The van der Waals surface area contributed by atoms with Gasteiger partial charge in [0.25, 0.3) is 0 Å². The van der Waals surface area contributed by atoms with Gasteiger partial charge in [-0.3, -0.25) is 9.79 Å². The average molecular weight is 252 g/mol. The number of rotatable bonds is 4. The van der Waals surface area contributed by atoms with Crippen LogP contribution in [0.4, 0.5) is 0 Å². The van der Waals surface area contributed by atoms with Crippen molar-refractivity contribution in [3.05, 3.63) is 0 Å². The highest BCUT2D eigenvalue weighted by molar-refractivity contribution is 5.81. The van der Waals surface area contributed by atoms with Crippen molar-refractivity contribution in [2.45, 2.75) is 51.6 Å². The van der Waals surface area contributed by atoms with E-state index in [1.165, 1.54) is 12.8 Å². The molecule has 0 bridgehead atoms. The molecule has 18 heavy (non-hydrogen) atoms. The lowest BCUT2D eigenvalue weighted by atomic mass is 10.3. The van der Waals surface area contributed by atoms with Crippen LogP contribution in [0.5, 0.6) is 0 Å². The van der Waals surface area contributed by atoms with Crippen LogP contribution in [0.2, 0.25) is 0 Å². The van der Waals surface area contributed by atoms with Crippen LogP contribution in [0.3, 0.4) is 0 Å². The van der Waals surface area contributed by atoms with E-state index in [1.807, 2.05) is 18.7 Å². The highest BCUT2D eigenvalue weighted by atomic mass is 16.2. The van der Waals surface area contributed by atoms with Crippen molar-refractivity contribution in [3.63, 3.8) is 0 Å². The molecule has 0 aromatic rings. The van der Waals surface area contributed by atoms with E-state index in [-0.39, 0.29) is 5.91 Å². The standard InChI is InChI=1S/C13H24N4O/c1-3-12(18)17-8-7-11(9-17)16-13(14-4-2)15-10-5-6-10/h10-11H,3-9H2,1-2H3,(H2,14,15,16). The summed E-state index contributed by atoms with van der Waals surface area (Å²) in [5, 5.41) is 6.85. The predicted molar refractivity (Wildman–Crippen MR) is 72.5 cm³/mol. The molecule has 102 valence electrons. The van der Waals surface area contributed by atoms with Crippen molar-refractivity contribution in [1.29, 1.82) is 0 Å². The number of carbonyl (C=O) groups excluding carboxylic acids is 1. The lowest BCUT2D eigenvalue weighted by Gasteiger charge is -2.18. The molecule has 1 amide bonds. The van der Waals surface area contributed by atoms with E-state index < -0.39 is 0 Å². The molecule has 5 heteroatoms. The zero-order valence-electron chi connectivity index (χ0n) is 11.4. The lowest BCUT2D eigenvalue weighted by Crippen LogP contribution is -2.45. The van der Waals surface area contributed by atoms with E-state index in [4.69, 9.17) is 0 Å². The molecule has 2 fully saturated rings. The molecular formula is C13H24N4O. The summed E-state index contributed by atoms with van der Waals surface area (Å²) in [7, 11) is 0. The number of likely N-dealkylation sites (tertiary alicyclic amines) is 1. The van der Waals surface area contributed by atoms with E-state index in [0.29, 0.717) is 18.5 Å². The highest BCUT2D eigenvalue weighted by Gasteiger charge is 2.27. The van der Waals surface area contributed by atoms with E-state index >= 15 is 0 Å². The number of carbonyl (C=O) groups is 1. The summed E-state index contributed by atoms with van der Waals surface area (Å²) in [5.74, 6) is 1.17. The molecule has 1 aliphatic carbocycles. The highest BCUT2D eigenvalue weighted by Crippen LogP contribution is 2.18. The maximum absolute atomic E-state index is 11.6. The van der Waals surface area contributed by atoms with Gasteiger partial charge >= 0.3 is 0 Å². The van der Waals surface area contributed by atoms with Crippen LogP contribution in [0.25, 0.3) is 0 Å². The lowest BCUT2D eigenvalue weighted by molar-refractivity contribution is -0.129. The fourth-order valence-corrected chi connectivity index (χ4v) is 2.23. The molecule has 0 spiro atoms. The number of hydrogen-bond donors (Lipinski definition) is 2. The second-order valence-corrected chi connectivity index (χ2v) is 5.06. The van der Waals surface area contributed by atoms with Crippen molar-refractivity contribution >= 4 is 11.9 Å². The maximum Gasteiger partial charge on any atom is 0.222 e. The van der Waals surface area contributed by atoms with Gasteiger partial charge in [-0.15, -0.1) is 0 Å². The van der Waals surface area contributed by atoms with Crippen molar-refractivity contribution in [3.8, 4) is 0 Å². The molecule has 1 aliphatic heterocycles. The zero-order chi connectivity index (χ0) is 13.0. The Balaban J connectivity index is 1.81. The van der Waals surface area contributed by atoms with Crippen LogP contribution in [-0.2, 0) is 4.79 Å². The predicted octanol–water partition coefficient (Wildman–Crippen LogP) is 0.715. The van der Waals surface area contributed by atoms with Crippen LogP contribution in [0, 0.1) is 0 Å². The number of guanidine groups is 1. The summed E-state index contributed by atoms with van der Waals surface area (Å²) in [6, 6.07) is 0.953. The summed E-state index contributed by atoms with van der Waals surface area (Å²) >= 11 is 0. The Kier molecular flexibility index (Phi) is 4.44. The van der Waals surface area contributed by atoms with Crippen LogP contribution in [0.15, 0.2) is 4.99 Å². The summed E-state index contributed by atoms with van der Waals surface area (Å²) in [6.07, 6.45) is 4.11. The van der Waals surface area contributed by atoms with E-state index in [2.05, 4.69) is 15.6 Å². The van der Waals surface area contributed by atoms with Gasteiger partial charge in [0.2, 0.25) is 5.91 Å². The van der Waals surface area contributed by atoms with Crippen molar-refractivity contribution in [2.24, 2.45) is 4.99 Å². The first-order valence-electron chi connectivity index (χ1n) is 7.08. The average Bonchev–Trinajstić information content (AvgIpc) is 3.05. The quantitative estimate of drug-likeness (QED) is 0.572. The van der Waals surface area contributed by atoms with Gasteiger partial charge < -0.3 is 15.5 Å². The fourth-order valence-electron chi connectivity index (χ4n) is 2.23. The molecule has 1 unspecified atom stereocenters. The summed E-state index contributed by atoms with van der Waals surface area (Å²) in [5.41, 5.74) is 0. The topological polar surface area (TPSA) is 56.7 Å². The van der Waals surface area contributed by atoms with Crippen LogP contribution in [0.1, 0.15) is 39.5 Å². The molecule has 0 radical (unpaired) electrons. The Morgan fingerprint density at radius 1 is 1.22 bits per heavy atom. The minimum Gasteiger partial charge on any atom is -0.354 e. The number of nitrogens with one attached hydrogen (secondary N) is 2. The summed E-state index contributed by atoms with van der Waals surface area (Å²) in [4.78, 5) is 18.0. The minimum atomic E-state index is 0.253. The normalized spacial score (nSPS) is 24.2. The molecule has 2 N–H and O–H groups in total. The minimum absolute atomic E-state index is 0.253. The fraction of sp³-hybridized carbons (Fsp3) is 0.846. The second-order valence-electron chi connectivity index (χ2n) is 5.06. The molecule has 1 saturated carbocycles. The van der Waals surface area contributed by atoms with Gasteiger partial charge in [0.1, 0.15) is 0 Å². The molecule has 1 atom stereocenters. The Morgan fingerprint density at radius 2 is 1.94 bits per heavy atom. The first kappa shape index (κ1) is 13.2. The number of aliphatic imine (C=N–C) groups is 1. The Labute approximate surface area is 109 Å². The molecule has 1 saturated heterocycles. The second kappa shape index (κ2) is 6.07. The van der Waals surface area contributed by atoms with E-state index in [0.717, 1.165) is 32.0 Å². The Bertz CT molecular complexity index is 325. The summed E-state index contributed by atoms with van der Waals surface area (Å²) < 4.78 is 0. The number of nitrogens with zero attached hydrogens (tertiary/aromatic N) is 2. The van der Waals surface area contributed by atoms with Gasteiger partial charge in [0.15, 0.2) is 5.96 Å². The van der Waals surface area contributed by atoms with Crippen molar-refractivity contribution < 1.29 is 4.79 Å². The third-order valence-corrected chi connectivity index (χ3v) is 3.42. The van der Waals surface area contributed by atoms with Crippen molar-refractivity contribution in [1.82, 2.24) is 15.5 Å². The maximum atomic E-state index is 11.6. The first-order chi connectivity index (χ1) is 8.72. The van der Waals surface area contributed by atoms with Crippen LogP contribution >= 0.6 is 0 Å². The Hall–Kier alpha value is -1.26. The molecule has 0 aromatic carbocycles. The van der Waals surface area contributed by atoms with Gasteiger partial charge in [0, 0.05) is 38.1 Å². The summed E-state index contributed by atoms with van der Waals surface area (Å²) in [6.45, 7) is 6.42. The van der Waals surface area contributed by atoms with Gasteiger partial charge in [-0.1, -0.05) is 6.92 Å². The van der Waals surface area contributed by atoms with Gasteiger partial charge in [-0.2, -0.15) is 0 Å². The Morgan fingerprint density at radius 3 is 2.56 bits per heavy atom. The SMILES string of the molecule is CCN=C(NC1CC1)NC1CCN(C(=O)CC)C1. The smallest absolute Gasteiger partial charge is 0.222 e. The monoisotopic (exact) mass is 252 g/mol. The van der Waals surface area contributed by atoms with Gasteiger partial charge in [-0.05, 0) is 26.2 Å². The van der Waals surface area contributed by atoms with Crippen molar-refractivity contribution in [2.75, 3.05) is 19.6 Å². The van der Waals surface area contributed by atoms with Crippen LogP contribution in [-0.4, -0.2) is 48.5 Å². The van der Waals surface area contributed by atoms with Gasteiger partial charge in [-0.25, -0.2) is 0 Å². The molecular weight excluding hydrogens is 228 g/mol.